The minimum atomic E-state index is -1.39. The molecule has 0 bridgehead atoms. The highest BCUT2D eigenvalue weighted by molar-refractivity contribution is 6.16. The smallest absolute Gasteiger partial charge is 0.238 e. The highest BCUT2D eigenvalue weighted by atomic mass is 19.1. The molecular formula is C38H33FN2O3. The van der Waals surface area contributed by atoms with E-state index in [1.54, 1.807) is 0 Å². The van der Waals surface area contributed by atoms with Gasteiger partial charge in [-0.2, -0.15) is 0 Å². The number of fused-ring (bicyclic) bond motifs is 6. The Labute approximate surface area is 256 Å². The maximum atomic E-state index is 14.9. The Morgan fingerprint density at radius 1 is 0.841 bits per heavy atom. The topological polar surface area (TPSA) is 66.5 Å². The molecule has 4 aromatic carbocycles. The summed E-state index contributed by atoms with van der Waals surface area (Å²) >= 11 is 0. The number of anilines is 1. The molecule has 3 heterocycles. The van der Waals surface area contributed by atoms with Gasteiger partial charge in [-0.05, 0) is 71.5 Å². The molecule has 0 aromatic heterocycles. The van der Waals surface area contributed by atoms with Crippen LogP contribution in [0.2, 0.25) is 0 Å². The van der Waals surface area contributed by atoms with E-state index in [-0.39, 0.29) is 23.0 Å². The highest BCUT2D eigenvalue weighted by Gasteiger charge is 2.70. The van der Waals surface area contributed by atoms with Gasteiger partial charge in [-0.25, -0.2) is 4.39 Å². The van der Waals surface area contributed by atoms with Gasteiger partial charge in [-0.3, -0.25) is 14.4 Å². The maximum absolute atomic E-state index is 14.9. The second-order valence-electron chi connectivity index (χ2n) is 12.0. The van der Waals surface area contributed by atoms with E-state index >= 15 is 0 Å². The Morgan fingerprint density at radius 2 is 1.52 bits per heavy atom. The van der Waals surface area contributed by atoms with E-state index in [2.05, 4.69) is 12.2 Å². The molecular weight excluding hydrogens is 551 g/mol. The molecule has 4 unspecified atom stereocenters. The molecule has 6 heteroatoms. The predicted octanol–water partition coefficient (Wildman–Crippen LogP) is 7.54. The SMILES string of the molecule is CCCCCc1ccc(C(=O)C2C(C(=O)c3ccc(F)cc3)N3C=Cc4ccccc4C3C23C(=O)Nc2ccccc23)cc1. The molecule has 1 fully saturated rings. The van der Waals surface area contributed by atoms with Gasteiger partial charge < -0.3 is 10.2 Å². The molecule has 1 spiro atoms. The number of carbonyl (C=O) groups is 3. The Balaban J connectivity index is 1.44. The first kappa shape index (κ1) is 28.0. The van der Waals surface area contributed by atoms with E-state index in [0.717, 1.165) is 42.4 Å². The average Bonchev–Trinajstić information content (AvgIpc) is 3.53. The molecule has 0 saturated carbocycles. The van der Waals surface area contributed by atoms with Gasteiger partial charge in [0.2, 0.25) is 5.91 Å². The van der Waals surface area contributed by atoms with Crippen molar-refractivity contribution in [2.24, 2.45) is 5.92 Å². The molecule has 7 rings (SSSR count). The number of rotatable bonds is 8. The second kappa shape index (κ2) is 11.0. The van der Waals surface area contributed by atoms with Crippen LogP contribution < -0.4 is 5.32 Å². The van der Waals surface area contributed by atoms with Gasteiger partial charge in [-0.15, -0.1) is 0 Å². The molecule has 5 nitrogen and oxygen atoms in total. The molecule has 0 radical (unpaired) electrons. The van der Waals surface area contributed by atoms with Crippen LogP contribution in [0, 0.1) is 11.7 Å². The number of hydrogen-bond acceptors (Lipinski definition) is 4. The van der Waals surface area contributed by atoms with Crippen molar-refractivity contribution in [1.29, 1.82) is 0 Å². The number of aryl methyl sites for hydroxylation is 1. The van der Waals surface area contributed by atoms with Crippen molar-refractivity contribution in [3.05, 3.63) is 142 Å². The van der Waals surface area contributed by atoms with Crippen LogP contribution in [-0.2, 0) is 16.6 Å². The molecule has 4 atom stereocenters. The maximum Gasteiger partial charge on any atom is 0.238 e. The fraction of sp³-hybridized carbons (Fsp3) is 0.237. The number of carbonyl (C=O) groups excluding carboxylic acids is 3. The summed E-state index contributed by atoms with van der Waals surface area (Å²) in [4.78, 5) is 45.9. The van der Waals surface area contributed by atoms with Gasteiger partial charge in [0.15, 0.2) is 11.6 Å². The minimum absolute atomic E-state index is 0.266. The van der Waals surface area contributed by atoms with Crippen molar-refractivity contribution in [2.45, 2.75) is 50.1 Å². The first-order chi connectivity index (χ1) is 21.4. The summed E-state index contributed by atoms with van der Waals surface area (Å²) in [5.74, 6) is -2.41. The summed E-state index contributed by atoms with van der Waals surface area (Å²) in [5.41, 5.74) is 3.65. The zero-order chi connectivity index (χ0) is 30.4. The summed E-state index contributed by atoms with van der Waals surface area (Å²) in [6.45, 7) is 2.17. The summed E-state index contributed by atoms with van der Waals surface area (Å²) in [6, 6.07) is 26.7. The predicted molar refractivity (Wildman–Crippen MR) is 169 cm³/mol. The molecule has 44 heavy (non-hydrogen) atoms. The van der Waals surface area contributed by atoms with E-state index in [4.69, 9.17) is 0 Å². The van der Waals surface area contributed by atoms with Crippen LogP contribution in [0.5, 0.6) is 0 Å². The molecule has 1 amide bonds. The van der Waals surface area contributed by atoms with Crippen molar-refractivity contribution in [3.8, 4) is 0 Å². The zero-order valence-corrected chi connectivity index (χ0v) is 24.5. The van der Waals surface area contributed by atoms with E-state index < -0.39 is 29.2 Å². The van der Waals surface area contributed by atoms with Crippen molar-refractivity contribution in [3.63, 3.8) is 0 Å². The number of para-hydroxylation sites is 1. The number of unbranched alkanes of at least 4 members (excludes halogenated alkanes) is 2. The summed E-state index contributed by atoms with van der Waals surface area (Å²) in [6.07, 6.45) is 8.04. The van der Waals surface area contributed by atoms with Gasteiger partial charge in [0.05, 0.1) is 12.0 Å². The van der Waals surface area contributed by atoms with Crippen LogP contribution in [0.3, 0.4) is 0 Å². The van der Waals surface area contributed by atoms with Gasteiger partial charge >= 0.3 is 0 Å². The number of hydrogen-bond donors (Lipinski definition) is 1. The normalized spacial score (nSPS) is 22.8. The Bertz CT molecular complexity index is 1800. The average molecular weight is 585 g/mol. The molecule has 1 saturated heterocycles. The Morgan fingerprint density at radius 3 is 2.30 bits per heavy atom. The van der Waals surface area contributed by atoms with Gasteiger partial charge in [-0.1, -0.05) is 86.5 Å². The molecule has 1 N–H and O–H groups in total. The number of halogens is 1. The minimum Gasteiger partial charge on any atom is -0.358 e. The monoisotopic (exact) mass is 584 g/mol. The number of nitrogens with one attached hydrogen (secondary N) is 1. The molecule has 0 aliphatic carbocycles. The largest absolute Gasteiger partial charge is 0.358 e. The third kappa shape index (κ3) is 4.23. The lowest BCUT2D eigenvalue weighted by atomic mass is 9.62. The van der Waals surface area contributed by atoms with Crippen LogP contribution in [-0.4, -0.2) is 28.4 Å². The number of Topliss-reactive ketones (excluding diaryl/α,β-unsaturated/α-hetero) is 2. The standard InChI is InChI=1S/C38H33FN2O3/c1-2-3-4-9-24-14-16-26(17-15-24)34(42)32-33(35(43)27-18-20-28(39)21-19-27)41-23-22-25-10-5-6-11-29(25)36(41)38(32)30-12-7-8-13-31(30)40-37(38)44/h5-8,10-23,32-33,36H,2-4,9H2,1H3,(H,40,44). The van der Waals surface area contributed by atoms with Gasteiger partial charge in [0.25, 0.3) is 0 Å². The molecule has 4 aromatic rings. The van der Waals surface area contributed by atoms with Crippen molar-refractivity contribution in [1.82, 2.24) is 4.90 Å². The lowest BCUT2D eigenvalue weighted by molar-refractivity contribution is -0.122. The van der Waals surface area contributed by atoms with Crippen LogP contribution >= 0.6 is 0 Å². The third-order valence-electron chi connectivity index (χ3n) is 9.56. The fourth-order valence-electron chi connectivity index (χ4n) is 7.55. The van der Waals surface area contributed by atoms with Crippen molar-refractivity contribution < 1.29 is 18.8 Å². The van der Waals surface area contributed by atoms with E-state index in [1.165, 1.54) is 24.3 Å². The highest BCUT2D eigenvalue weighted by Crippen LogP contribution is 2.62. The van der Waals surface area contributed by atoms with Gasteiger partial charge in [0, 0.05) is 23.0 Å². The summed E-state index contributed by atoms with van der Waals surface area (Å²) in [7, 11) is 0. The summed E-state index contributed by atoms with van der Waals surface area (Å²) < 4.78 is 13.9. The van der Waals surface area contributed by atoms with Crippen molar-refractivity contribution in [2.75, 3.05) is 5.32 Å². The lowest BCUT2D eigenvalue weighted by Gasteiger charge is -2.38. The number of benzene rings is 4. The Kier molecular flexibility index (Phi) is 7.00. The van der Waals surface area contributed by atoms with E-state index in [9.17, 15) is 18.8 Å². The van der Waals surface area contributed by atoms with Crippen molar-refractivity contribution >= 4 is 29.2 Å². The first-order valence-electron chi connectivity index (χ1n) is 15.3. The van der Waals surface area contributed by atoms with Crippen LogP contribution in [0.25, 0.3) is 6.08 Å². The van der Waals surface area contributed by atoms with E-state index in [1.807, 2.05) is 90.0 Å². The number of amides is 1. The number of ketones is 2. The fourth-order valence-corrected chi connectivity index (χ4v) is 7.55. The first-order valence-corrected chi connectivity index (χ1v) is 15.3. The molecule has 220 valence electrons. The van der Waals surface area contributed by atoms with Crippen LogP contribution in [0.4, 0.5) is 10.1 Å². The second-order valence-corrected chi connectivity index (χ2v) is 12.0. The molecule has 3 aliphatic rings. The quantitative estimate of drug-likeness (QED) is 0.172. The number of nitrogens with zero attached hydrogens (tertiary/aromatic N) is 1. The lowest BCUT2D eigenvalue weighted by Crippen LogP contribution is -2.49. The summed E-state index contributed by atoms with van der Waals surface area (Å²) in [5, 5.41) is 3.07. The third-order valence-corrected chi connectivity index (χ3v) is 9.56. The van der Waals surface area contributed by atoms with Gasteiger partial charge in [0.1, 0.15) is 17.3 Å². The molecule has 3 aliphatic heterocycles. The Hall–Kier alpha value is -4.84. The zero-order valence-electron chi connectivity index (χ0n) is 24.5. The van der Waals surface area contributed by atoms with Crippen LogP contribution in [0.1, 0.15) is 75.2 Å². The van der Waals surface area contributed by atoms with Crippen LogP contribution in [0.15, 0.2) is 103 Å². The van der Waals surface area contributed by atoms with E-state index in [0.29, 0.717) is 16.8 Å².